The van der Waals surface area contributed by atoms with Gasteiger partial charge in [-0.25, -0.2) is 0 Å². The normalized spacial score (nSPS) is 18.8. The molecule has 0 aliphatic carbocycles. The molecule has 1 aliphatic rings. The lowest BCUT2D eigenvalue weighted by molar-refractivity contribution is 0.0924. The molecule has 0 saturated carbocycles. The van der Waals surface area contributed by atoms with Crippen LogP contribution >= 0.6 is 0 Å². The molecule has 0 spiro atoms. The van der Waals surface area contributed by atoms with Crippen molar-refractivity contribution in [2.24, 2.45) is 5.92 Å². The zero-order chi connectivity index (χ0) is 14.7. The minimum Gasteiger partial charge on any atom is -0.451 e. The minimum absolute atomic E-state index is 0.104. The molecule has 1 atom stereocenters. The summed E-state index contributed by atoms with van der Waals surface area (Å²) in [5.74, 6) is 1.02. The summed E-state index contributed by atoms with van der Waals surface area (Å²) in [6, 6.07) is 7.76. The van der Waals surface area contributed by atoms with Gasteiger partial charge in [0.1, 0.15) is 5.58 Å². The van der Waals surface area contributed by atoms with E-state index in [0.29, 0.717) is 18.2 Å². The monoisotopic (exact) mass is 286 g/mol. The van der Waals surface area contributed by atoms with E-state index in [1.54, 1.807) is 0 Å². The second-order valence-corrected chi connectivity index (χ2v) is 5.81. The van der Waals surface area contributed by atoms with Crippen LogP contribution in [0.4, 0.5) is 0 Å². The Labute approximate surface area is 124 Å². The third-order valence-electron chi connectivity index (χ3n) is 4.29. The number of hydrogen-bond donors (Lipinski definition) is 2. The molecule has 2 aromatic rings. The molecule has 2 heterocycles. The van der Waals surface area contributed by atoms with E-state index in [-0.39, 0.29) is 5.91 Å². The first-order chi connectivity index (χ1) is 10.3. The Hall–Kier alpha value is -1.81. The summed E-state index contributed by atoms with van der Waals surface area (Å²) in [5.41, 5.74) is 1.69. The highest BCUT2D eigenvalue weighted by molar-refractivity contribution is 5.98. The van der Waals surface area contributed by atoms with Crippen molar-refractivity contribution >= 4 is 16.9 Å². The molecule has 1 aliphatic heterocycles. The molecule has 1 aromatic heterocycles. The Bertz CT molecular complexity index is 627. The second-order valence-electron chi connectivity index (χ2n) is 5.81. The molecule has 0 bridgehead atoms. The Kier molecular flexibility index (Phi) is 4.25. The standard InChI is InChI=1S/C17H22N2O2/c1-12-14-6-2-3-7-15(14)21-16(12)17(20)19-10-8-13-5-4-9-18-11-13/h2-3,6-7,13,18H,4-5,8-11H2,1H3,(H,19,20). The number of carbonyl (C=O) groups excluding carboxylic acids is 1. The van der Waals surface area contributed by atoms with Crippen LogP contribution in [0.3, 0.4) is 0 Å². The molecule has 1 fully saturated rings. The smallest absolute Gasteiger partial charge is 0.287 e. The number of aryl methyl sites for hydroxylation is 1. The van der Waals surface area contributed by atoms with Gasteiger partial charge in [0.2, 0.25) is 0 Å². The summed E-state index contributed by atoms with van der Waals surface area (Å²) in [4.78, 5) is 12.3. The molecule has 21 heavy (non-hydrogen) atoms. The van der Waals surface area contributed by atoms with E-state index in [1.807, 2.05) is 31.2 Å². The number of amides is 1. The van der Waals surface area contributed by atoms with Crippen molar-refractivity contribution in [3.63, 3.8) is 0 Å². The first kappa shape index (κ1) is 14.1. The first-order valence-corrected chi connectivity index (χ1v) is 7.73. The van der Waals surface area contributed by atoms with E-state index < -0.39 is 0 Å². The molecule has 1 unspecified atom stereocenters. The van der Waals surface area contributed by atoms with Crippen LogP contribution in [0.25, 0.3) is 11.0 Å². The number of furan rings is 1. The average Bonchev–Trinajstić information content (AvgIpc) is 2.86. The predicted octanol–water partition coefficient (Wildman–Crippen LogP) is 2.86. The van der Waals surface area contributed by atoms with Gasteiger partial charge in [-0.3, -0.25) is 4.79 Å². The van der Waals surface area contributed by atoms with E-state index in [9.17, 15) is 4.79 Å². The fraction of sp³-hybridized carbons (Fsp3) is 0.471. The van der Waals surface area contributed by atoms with E-state index in [2.05, 4.69) is 10.6 Å². The van der Waals surface area contributed by atoms with E-state index in [1.165, 1.54) is 12.8 Å². The van der Waals surface area contributed by atoms with Gasteiger partial charge < -0.3 is 15.1 Å². The van der Waals surface area contributed by atoms with Crippen molar-refractivity contribution in [3.05, 3.63) is 35.6 Å². The fourth-order valence-corrected chi connectivity index (χ4v) is 3.03. The summed E-state index contributed by atoms with van der Waals surface area (Å²) in [6.45, 7) is 4.84. The SMILES string of the molecule is Cc1c(C(=O)NCCC2CCCNC2)oc2ccccc12. The summed E-state index contributed by atoms with van der Waals surface area (Å²) in [6.07, 6.45) is 3.52. The second kappa shape index (κ2) is 6.31. The molecular weight excluding hydrogens is 264 g/mol. The van der Waals surface area contributed by atoms with Crippen LogP contribution in [-0.4, -0.2) is 25.5 Å². The molecule has 1 saturated heterocycles. The van der Waals surface area contributed by atoms with Gasteiger partial charge in [-0.05, 0) is 51.3 Å². The Balaban J connectivity index is 1.60. The highest BCUT2D eigenvalue weighted by Gasteiger charge is 2.18. The van der Waals surface area contributed by atoms with Crippen LogP contribution in [0.5, 0.6) is 0 Å². The maximum atomic E-state index is 12.3. The van der Waals surface area contributed by atoms with E-state index >= 15 is 0 Å². The van der Waals surface area contributed by atoms with E-state index in [4.69, 9.17) is 4.42 Å². The Morgan fingerprint density at radius 3 is 3.05 bits per heavy atom. The molecule has 1 aromatic carbocycles. The number of nitrogens with one attached hydrogen (secondary N) is 2. The van der Waals surface area contributed by atoms with Crippen molar-refractivity contribution in [3.8, 4) is 0 Å². The number of fused-ring (bicyclic) bond motifs is 1. The molecule has 112 valence electrons. The number of rotatable bonds is 4. The van der Waals surface area contributed by atoms with Gasteiger partial charge in [0, 0.05) is 17.5 Å². The molecule has 3 rings (SSSR count). The molecule has 2 N–H and O–H groups in total. The van der Waals surface area contributed by atoms with Gasteiger partial charge in [0.05, 0.1) is 0 Å². The van der Waals surface area contributed by atoms with Crippen molar-refractivity contribution in [1.82, 2.24) is 10.6 Å². The summed E-state index contributed by atoms with van der Waals surface area (Å²) >= 11 is 0. The van der Waals surface area contributed by atoms with Gasteiger partial charge in [-0.1, -0.05) is 18.2 Å². The third kappa shape index (κ3) is 3.10. The third-order valence-corrected chi connectivity index (χ3v) is 4.29. The zero-order valence-electron chi connectivity index (χ0n) is 12.4. The quantitative estimate of drug-likeness (QED) is 0.908. The van der Waals surface area contributed by atoms with Gasteiger partial charge in [-0.15, -0.1) is 0 Å². The number of para-hydroxylation sites is 1. The Morgan fingerprint density at radius 2 is 2.29 bits per heavy atom. The summed E-state index contributed by atoms with van der Waals surface area (Å²) in [7, 11) is 0. The number of hydrogen-bond acceptors (Lipinski definition) is 3. The minimum atomic E-state index is -0.104. The van der Waals surface area contributed by atoms with E-state index in [0.717, 1.165) is 36.0 Å². The molecule has 0 radical (unpaired) electrons. The van der Waals surface area contributed by atoms with Crippen molar-refractivity contribution in [2.45, 2.75) is 26.2 Å². The van der Waals surface area contributed by atoms with Crippen molar-refractivity contribution in [2.75, 3.05) is 19.6 Å². The summed E-state index contributed by atoms with van der Waals surface area (Å²) < 4.78 is 5.68. The average molecular weight is 286 g/mol. The molecular formula is C17H22N2O2. The molecule has 1 amide bonds. The van der Waals surface area contributed by atoms with Gasteiger partial charge in [0.25, 0.3) is 5.91 Å². The highest BCUT2D eigenvalue weighted by Crippen LogP contribution is 2.24. The molecule has 4 heteroatoms. The lowest BCUT2D eigenvalue weighted by Gasteiger charge is -2.22. The summed E-state index contributed by atoms with van der Waals surface area (Å²) in [5, 5.41) is 7.40. The van der Waals surface area contributed by atoms with Gasteiger partial charge in [0.15, 0.2) is 5.76 Å². The van der Waals surface area contributed by atoms with Crippen molar-refractivity contribution < 1.29 is 9.21 Å². The highest BCUT2D eigenvalue weighted by atomic mass is 16.3. The lowest BCUT2D eigenvalue weighted by Crippen LogP contribution is -2.33. The number of carbonyl (C=O) groups is 1. The topological polar surface area (TPSA) is 54.3 Å². The van der Waals surface area contributed by atoms with Gasteiger partial charge in [-0.2, -0.15) is 0 Å². The maximum Gasteiger partial charge on any atom is 0.287 e. The van der Waals surface area contributed by atoms with Crippen LogP contribution in [-0.2, 0) is 0 Å². The zero-order valence-corrected chi connectivity index (χ0v) is 12.4. The number of benzene rings is 1. The van der Waals surface area contributed by atoms with Crippen molar-refractivity contribution in [1.29, 1.82) is 0 Å². The number of piperidine rings is 1. The Morgan fingerprint density at radius 1 is 1.43 bits per heavy atom. The van der Waals surface area contributed by atoms with Crippen LogP contribution in [0.15, 0.2) is 28.7 Å². The lowest BCUT2D eigenvalue weighted by atomic mass is 9.96. The predicted molar refractivity (Wildman–Crippen MR) is 83.5 cm³/mol. The molecule has 4 nitrogen and oxygen atoms in total. The fourth-order valence-electron chi connectivity index (χ4n) is 3.03. The van der Waals surface area contributed by atoms with Crippen LogP contribution in [0.2, 0.25) is 0 Å². The van der Waals surface area contributed by atoms with Crippen LogP contribution in [0.1, 0.15) is 35.4 Å². The largest absolute Gasteiger partial charge is 0.451 e. The van der Waals surface area contributed by atoms with Crippen LogP contribution < -0.4 is 10.6 Å². The van der Waals surface area contributed by atoms with Crippen LogP contribution in [0, 0.1) is 12.8 Å². The maximum absolute atomic E-state index is 12.3. The first-order valence-electron chi connectivity index (χ1n) is 7.73. The van der Waals surface area contributed by atoms with Gasteiger partial charge >= 0.3 is 0 Å².